The van der Waals surface area contributed by atoms with E-state index in [1.165, 1.54) is 6.08 Å². The van der Waals surface area contributed by atoms with Gasteiger partial charge < -0.3 is 15.2 Å². The van der Waals surface area contributed by atoms with E-state index in [2.05, 4.69) is 11.9 Å². The third kappa shape index (κ3) is 2.07. The third-order valence-corrected chi connectivity index (χ3v) is 3.75. The number of alkyl carbamates (subject to hydrolysis) is 1. The average molecular weight is 257 g/mol. The van der Waals surface area contributed by atoms with Crippen molar-refractivity contribution in [2.24, 2.45) is 5.41 Å². The van der Waals surface area contributed by atoms with E-state index in [0.717, 1.165) is 0 Å². The molecule has 2 fully saturated rings. The summed E-state index contributed by atoms with van der Waals surface area (Å²) in [6.45, 7) is 3.42. The van der Waals surface area contributed by atoms with Crippen LogP contribution in [0.5, 0.6) is 0 Å². The highest BCUT2D eigenvalue weighted by Gasteiger charge is 2.64. The minimum atomic E-state index is -1.29. The van der Waals surface area contributed by atoms with Crippen LogP contribution in [0.1, 0.15) is 25.7 Å². The molecule has 0 aromatic carbocycles. The highest BCUT2D eigenvalue weighted by Crippen LogP contribution is 2.61. The van der Waals surface area contributed by atoms with E-state index in [1.807, 2.05) is 0 Å². The lowest BCUT2D eigenvalue weighted by Gasteiger charge is -2.59. The third-order valence-electron chi connectivity index (χ3n) is 3.75. The molecule has 5 nitrogen and oxygen atoms in total. The Balaban J connectivity index is 1.92. The van der Waals surface area contributed by atoms with Crippen molar-refractivity contribution in [1.29, 1.82) is 0 Å². The van der Waals surface area contributed by atoms with Gasteiger partial charge in [-0.15, -0.1) is 0 Å². The van der Waals surface area contributed by atoms with Crippen molar-refractivity contribution >= 4 is 12.1 Å². The van der Waals surface area contributed by atoms with E-state index in [1.54, 1.807) is 0 Å². The number of carbonyl (C=O) groups is 2. The first-order valence-corrected chi connectivity index (χ1v) is 5.85. The van der Waals surface area contributed by atoms with Gasteiger partial charge in [-0.3, -0.25) is 0 Å². The fourth-order valence-electron chi connectivity index (χ4n) is 3.06. The second kappa shape index (κ2) is 4.26. The molecule has 0 unspecified atom stereocenters. The number of aliphatic carboxylic acids is 1. The summed E-state index contributed by atoms with van der Waals surface area (Å²) < 4.78 is 17.6. The molecule has 0 heterocycles. The van der Waals surface area contributed by atoms with Crippen LogP contribution in [0.3, 0.4) is 0 Å². The van der Waals surface area contributed by atoms with Crippen LogP contribution in [0.25, 0.3) is 0 Å². The molecule has 2 rings (SSSR count). The zero-order valence-corrected chi connectivity index (χ0v) is 9.95. The minimum Gasteiger partial charge on any atom is -0.480 e. The SMILES string of the molecule is C=CCOC(=O)NC1(C(=O)O)CC2(CC(F)C2)C1. The smallest absolute Gasteiger partial charge is 0.408 e. The number of amides is 1. The molecule has 2 N–H and O–H groups in total. The second-order valence-corrected chi connectivity index (χ2v) is 5.26. The molecule has 2 aliphatic carbocycles. The summed E-state index contributed by atoms with van der Waals surface area (Å²) >= 11 is 0. The lowest BCUT2D eigenvalue weighted by Crippen LogP contribution is -2.69. The quantitative estimate of drug-likeness (QED) is 0.751. The molecule has 0 radical (unpaired) electrons. The molecule has 0 aromatic rings. The van der Waals surface area contributed by atoms with Crippen LogP contribution >= 0.6 is 0 Å². The van der Waals surface area contributed by atoms with Crippen molar-refractivity contribution in [3.63, 3.8) is 0 Å². The summed E-state index contributed by atoms with van der Waals surface area (Å²) in [7, 11) is 0. The standard InChI is InChI=1S/C12H16FNO4/c1-2-3-18-10(17)14-12(9(15)16)6-11(7-12)4-8(13)5-11/h2,8H,1,3-7H2,(H,14,17)(H,15,16). The van der Waals surface area contributed by atoms with E-state index in [4.69, 9.17) is 4.74 Å². The fourth-order valence-corrected chi connectivity index (χ4v) is 3.06. The van der Waals surface area contributed by atoms with Gasteiger partial charge in [-0.2, -0.15) is 0 Å². The Bertz CT molecular complexity index is 382. The lowest BCUT2D eigenvalue weighted by molar-refractivity contribution is -0.167. The van der Waals surface area contributed by atoms with E-state index in [9.17, 15) is 19.1 Å². The molecule has 0 atom stereocenters. The minimum absolute atomic E-state index is 0.0270. The van der Waals surface area contributed by atoms with E-state index >= 15 is 0 Å². The number of alkyl halides is 1. The Hall–Kier alpha value is -1.59. The summed E-state index contributed by atoms with van der Waals surface area (Å²) in [6, 6.07) is 0. The van der Waals surface area contributed by atoms with Crippen molar-refractivity contribution in [2.75, 3.05) is 6.61 Å². The molecule has 0 bridgehead atoms. The van der Waals surface area contributed by atoms with E-state index in [0.29, 0.717) is 12.8 Å². The first kappa shape index (κ1) is 12.9. The van der Waals surface area contributed by atoms with Crippen molar-refractivity contribution in [3.05, 3.63) is 12.7 Å². The van der Waals surface area contributed by atoms with Gasteiger partial charge in [0.2, 0.25) is 0 Å². The maximum atomic E-state index is 12.8. The van der Waals surface area contributed by atoms with Crippen LogP contribution in [0.4, 0.5) is 9.18 Å². The predicted octanol–water partition coefficient (Wildman–Crippen LogP) is 1.63. The van der Waals surface area contributed by atoms with Crippen LogP contribution < -0.4 is 5.32 Å². The summed E-state index contributed by atoms with van der Waals surface area (Å²) in [4.78, 5) is 22.6. The Morgan fingerprint density at radius 3 is 2.56 bits per heavy atom. The predicted molar refractivity (Wildman–Crippen MR) is 60.8 cm³/mol. The summed E-state index contributed by atoms with van der Waals surface area (Å²) in [6.07, 6.45) is 1.14. The van der Waals surface area contributed by atoms with Crippen molar-refractivity contribution < 1.29 is 23.8 Å². The van der Waals surface area contributed by atoms with Crippen molar-refractivity contribution in [1.82, 2.24) is 5.32 Å². The topological polar surface area (TPSA) is 75.6 Å². The van der Waals surface area contributed by atoms with Crippen LogP contribution in [-0.4, -0.2) is 35.5 Å². The molecule has 1 amide bonds. The van der Waals surface area contributed by atoms with Gasteiger partial charge in [0.25, 0.3) is 0 Å². The van der Waals surface area contributed by atoms with Gasteiger partial charge in [-0.25, -0.2) is 14.0 Å². The molecule has 2 saturated carbocycles. The van der Waals surface area contributed by atoms with Crippen molar-refractivity contribution in [2.45, 2.75) is 37.4 Å². The highest BCUT2D eigenvalue weighted by molar-refractivity contribution is 5.86. The number of carbonyl (C=O) groups excluding carboxylic acids is 1. The molecule has 0 aliphatic heterocycles. The van der Waals surface area contributed by atoms with Gasteiger partial charge in [0.15, 0.2) is 0 Å². The molecule has 2 aliphatic rings. The number of carboxylic acid groups (broad SMARTS) is 1. The van der Waals surface area contributed by atoms with Gasteiger partial charge in [0, 0.05) is 0 Å². The van der Waals surface area contributed by atoms with Gasteiger partial charge in [-0.1, -0.05) is 12.7 Å². The number of ether oxygens (including phenoxy) is 1. The number of hydrogen-bond acceptors (Lipinski definition) is 3. The zero-order chi connectivity index (χ0) is 13.4. The van der Waals surface area contributed by atoms with E-state index < -0.39 is 23.8 Å². The summed E-state index contributed by atoms with van der Waals surface area (Å²) in [5, 5.41) is 11.6. The van der Waals surface area contributed by atoms with E-state index in [-0.39, 0.29) is 24.9 Å². The Labute approximate surface area is 104 Å². The number of halogens is 1. The normalized spacial score (nSPS) is 37.3. The lowest BCUT2D eigenvalue weighted by atomic mass is 9.48. The molecule has 18 heavy (non-hydrogen) atoms. The number of nitrogens with one attached hydrogen (secondary N) is 1. The summed E-state index contributed by atoms with van der Waals surface area (Å²) in [5.74, 6) is -1.09. The van der Waals surface area contributed by atoms with Crippen molar-refractivity contribution in [3.8, 4) is 0 Å². The zero-order valence-electron chi connectivity index (χ0n) is 9.95. The van der Waals surface area contributed by atoms with Gasteiger partial charge in [0.05, 0.1) is 0 Å². The highest BCUT2D eigenvalue weighted by atomic mass is 19.1. The first-order chi connectivity index (χ1) is 8.41. The first-order valence-electron chi connectivity index (χ1n) is 5.85. The maximum Gasteiger partial charge on any atom is 0.408 e. The number of rotatable bonds is 4. The second-order valence-electron chi connectivity index (χ2n) is 5.26. The molecule has 6 heteroatoms. The average Bonchev–Trinajstić information content (AvgIpc) is 2.20. The largest absolute Gasteiger partial charge is 0.480 e. The maximum absolute atomic E-state index is 12.8. The Kier molecular flexibility index (Phi) is 3.04. The Morgan fingerprint density at radius 2 is 2.11 bits per heavy atom. The Morgan fingerprint density at radius 1 is 1.50 bits per heavy atom. The number of hydrogen-bond donors (Lipinski definition) is 2. The van der Waals surface area contributed by atoms with Gasteiger partial charge in [-0.05, 0) is 31.1 Å². The molecular formula is C12H16FNO4. The van der Waals surface area contributed by atoms with Crippen LogP contribution in [0, 0.1) is 5.41 Å². The summed E-state index contributed by atoms with van der Waals surface area (Å²) in [5.41, 5.74) is -1.53. The molecule has 0 saturated heterocycles. The van der Waals surface area contributed by atoms with Crippen LogP contribution in [0.2, 0.25) is 0 Å². The number of carboxylic acids is 1. The van der Waals surface area contributed by atoms with Crippen LogP contribution in [-0.2, 0) is 9.53 Å². The van der Waals surface area contributed by atoms with Gasteiger partial charge in [0.1, 0.15) is 18.3 Å². The van der Waals surface area contributed by atoms with Crippen LogP contribution in [0.15, 0.2) is 12.7 Å². The van der Waals surface area contributed by atoms with Gasteiger partial charge >= 0.3 is 12.1 Å². The molecular weight excluding hydrogens is 241 g/mol. The molecule has 1 spiro atoms. The monoisotopic (exact) mass is 257 g/mol. The fraction of sp³-hybridized carbons (Fsp3) is 0.667. The molecule has 0 aromatic heterocycles. The molecule has 100 valence electrons.